The van der Waals surface area contributed by atoms with E-state index in [-0.39, 0.29) is 0 Å². The molecule has 12 heavy (non-hydrogen) atoms. The number of alkyl halides is 1. The summed E-state index contributed by atoms with van der Waals surface area (Å²) in [6, 6.07) is 0. The van der Waals surface area contributed by atoms with Crippen LogP contribution in [0.3, 0.4) is 0 Å². The predicted octanol–water partition coefficient (Wildman–Crippen LogP) is 3.99. The molecule has 70 valence electrons. The van der Waals surface area contributed by atoms with Crippen molar-refractivity contribution in [3.8, 4) is 12.3 Å². The first-order valence-electron chi connectivity index (χ1n) is 4.76. The van der Waals surface area contributed by atoms with Crippen LogP contribution in [0, 0.1) is 18.3 Å². The van der Waals surface area contributed by atoms with Crippen molar-refractivity contribution in [2.24, 2.45) is 5.92 Å². The van der Waals surface area contributed by atoms with Gasteiger partial charge in [0.2, 0.25) is 0 Å². The molecule has 0 nitrogen and oxygen atoms in total. The number of halogens is 1. The lowest BCUT2D eigenvalue weighted by Gasteiger charge is -2.12. The van der Waals surface area contributed by atoms with Gasteiger partial charge in [-0.2, -0.15) is 0 Å². The van der Waals surface area contributed by atoms with Gasteiger partial charge in [0.15, 0.2) is 0 Å². The summed E-state index contributed by atoms with van der Waals surface area (Å²) in [4.78, 5) is 0.684. The zero-order valence-electron chi connectivity index (χ0n) is 8.15. The van der Waals surface area contributed by atoms with Crippen LogP contribution in [0.1, 0.15) is 46.0 Å². The minimum Gasteiger partial charge on any atom is -0.120 e. The summed E-state index contributed by atoms with van der Waals surface area (Å²) < 4.78 is 0. The van der Waals surface area contributed by atoms with Crippen molar-refractivity contribution >= 4 is 15.9 Å². The van der Waals surface area contributed by atoms with Gasteiger partial charge in [0, 0.05) is 11.2 Å². The monoisotopic (exact) mass is 230 g/mol. The number of unbranched alkanes of at least 4 members (excludes halogenated alkanes) is 3. The Balaban J connectivity index is 3.15. The Bertz CT molecular complexity index is 132. The summed E-state index contributed by atoms with van der Waals surface area (Å²) in [5.74, 6) is 3.41. The van der Waals surface area contributed by atoms with Gasteiger partial charge >= 0.3 is 0 Å². The summed E-state index contributed by atoms with van der Waals surface area (Å²) >= 11 is 3.67. The fraction of sp³-hybridized carbons (Fsp3) is 0.818. The third-order valence-corrected chi connectivity index (χ3v) is 3.54. The van der Waals surface area contributed by atoms with Crippen molar-refractivity contribution in [1.82, 2.24) is 0 Å². The fourth-order valence-corrected chi connectivity index (χ4v) is 1.40. The third kappa shape index (κ3) is 6.73. The Morgan fingerprint density at radius 1 is 1.25 bits per heavy atom. The lowest BCUT2D eigenvalue weighted by molar-refractivity contribution is 0.543. The molecule has 1 atom stereocenters. The molecule has 0 aliphatic heterocycles. The molecule has 0 bridgehead atoms. The fourth-order valence-electron chi connectivity index (χ4n) is 1.08. The van der Waals surface area contributed by atoms with E-state index in [2.05, 4.69) is 35.7 Å². The molecule has 0 aliphatic carbocycles. The Hall–Kier alpha value is 0.0400. The van der Waals surface area contributed by atoms with Gasteiger partial charge in [0.05, 0.1) is 0 Å². The van der Waals surface area contributed by atoms with Gasteiger partial charge in [0.25, 0.3) is 0 Å². The standard InChI is InChI=1S/C11H19Br/c1-4-5-6-7-8-9-11(12)10(2)3/h1,10-11H,5-9H2,2-3H3. The SMILES string of the molecule is C#CCCCCCC(Br)C(C)C. The average molecular weight is 231 g/mol. The Morgan fingerprint density at radius 2 is 1.92 bits per heavy atom. The number of hydrogen-bond donors (Lipinski definition) is 0. The summed E-state index contributed by atoms with van der Waals surface area (Å²) in [6.07, 6.45) is 11.1. The third-order valence-electron chi connectivity index (χ3n) is 2.02. The Labute approximate surface area is 85.3 Å². The number of terminal acetylenes is 1. The van der Waals surface area contributed by atoms with Crippen molar-refractivity contribution in [2.45, 2.75) is 50.8 Å². The largest absolute Gasteiger partial charge is 0.120 e. The van der Waals surface area contributed by atoms with E-state index < -0.39 is 0 Å². The van der Waals surface area contributed by atoms with E-state index in [1.54, 1.807) is 0 Å². The quantitative estimate of drug-likeness (QED) is 0.368. The van der Waals surface area contributed by atoms with Crippen LogP contribution in [-0.4, -0.2) is 4.83 Å². The zero-order chi connectivity index (χ0) is 9.40. The second kappa shape index (κ2) is 7.68. The molecule has 0 aliphatic rings. The molecule has 0 fully saturated rings. The minimum absolute atomic E-state index is 0.684. The van der Waals surface area contributed by atoms with Crippen molar-refractivity contribution < 1.29 is 0 Å². The molecule has 1 heteroatoms. The molecule has 0 amide bonds. The highest BCUT2D eigenvalue weighted by Gasteiger charge is 2.07. The van der Waals surface area contributed by atoms with Crippen LogP contribution in [0.5, 0.6) is 0 Å². The molecule has 0 rings (SSSR count). The molecule has 0 heterocycles. The van der Waals surface area contributed by atoms with E-state index in [9.17, 15) is 0 Å². The van der Waals surface area contributed by atoms with Crippen LogP contribution in [0.4, 0.5) is 0 Å². The van der Waals surface area contributed by atoms with E-state index in [1.807, 2.05) is 0 Å². The normalized spacial score (nSPS) is 12.9. The Morgan fingerprint density at radius 3 is 2.42 bits per heavy atom. The van der Waals surface area contributed by atoms with Crippen molar-refractivity contribution in [1.29, 1.82) is 0 Å². The van der Waals surface area contributed by atoms with Gasteiger partial charge < -0.3 is 0 Å². The van der Waals surface area contributed by atoms with E-state index in [1.165, 1.54) is 25.7 Å². The highest BCUT2D eigenvalue weighted by molar-refractivity contribution is 9.09. The molecular weight excluding hydrogens is 212 g/mol. The maximum Gasteiger partial charge on any atom is 0.0168 e. The van der Waals surface area contributed by atoms with Crippen LogP contribution < -0.4 is 0 Å². The second-order valence-corrected chi connectivity index (χ2v) is 4.74. The van der Waals surface area contributed by atoms with E-state index in [0.717, 1.165) is 12.3 Å². The first-order chi connectivity index (χ1) is 5.68. The average Bonchev–Trinajstić information content (AvgIpc) is 2.03. The summed E-state index contributed by atoms with van der Waals surface area (Å²) in [6.45, 7) is 4.50. The van der Waals surface area contributed by atoms with Gasteiger partial charge in [-0.25, -0.2) is 0 Å². The molecular formula is C11H19Br. The summed E-state index contributed by atoms with van der Waals surface area (Å²) in [7, 11) is 0. The summed E-state index contributed by atoms with van der Waals surface area (Å²) in [5.41, 5.74) is 0. The molecule has 0 spiro atoms. The van der Waals surface area contributed by atoms with Crippen molar-refractivity contribution in [2.75, 3.05) is 0 Å². The van der Waals surface area contributed by atoms with Gasteiger partial charge in [-0.3, -0.25) is 0 Å². The molecule has 1 unspecified atom stereocenters. The highest BCUT2D eigenvalue weighted by atomic mass is 79.9. The summed E-state index contributed by atoms with van der Waals surface area (Å²) in [5, 5.41) is 0. The molecule has 0 aromatic carbocycles. The first-order valence-corrected chi connectivity index (χ1v) is 5.67. The zero-order valence-corrected chi connectivity index (χ0v) is 9.73. The number of rotatable bonds is 6. The van der Waals surface area contributed by atoms with E-state index >= 15 is 0 Å². The maximum absolute atomic E-state index is 5.16. The maximum atomic E-state index is 5.16. The van der Waals surface area contributed by atoms with Crippen LogP contribution in [0.25, 0.3) is 0 Å². The van der Waals surface area contributed by atoms with Crippen molar-refractivity contribution in [3.05, 3.63) is 0 Å². The first kappa shape index (κ1) is 12.0. The topological polar surface area (TPSA) is 0 Å². The van der Waals surface area contributed by atoms with Crippen LogP contribution in [-0.2, 0) is 0 Å². The molecule has 0 saturated carbocycles. The minimum atomic E-state index is 0.684. The van der Waals surface area contributed by atoms with Gasteiger partial charge in [-0.15, -0.1) is 12.3 Å². The Kier molecular flexibility index (Phi) is 7.70. The van der Waals surface area contributed by atoms with Crippen LogP contribution in [0.2, 0.25) is 0 Å². The van der Waals surface area contributed by atoms with Crippen LogP contribution >= 0.6 is 15.9 Å². The predicted molar refractivity (Wildman–Crippen MR) is 59.5 cm³/mol. The molecule has 0 aromatic rings. The number of hydrogen-bond acceptors (Lipinski definition) is 0. The molecule has 0 N–H and O–H groups in total. The lowest BCUT2D eigenvalue weighted by Crippen LogP contribution is -2.06. The van der Waals surface area contributed by atoms with E-state index in [4.69, 9.17) is 6.42 Å². The smallest absolute Gasteiger partial charge is 0.0168 e. The van der Waals surface area contributed by atoms with Crippen LogP contribution in [0.15, 0.2) is 0 Å². The lowest BCUT2D eigenvalue weighted by atomic mass is 10.0. The molecule has 0 saturated heterocycles. The van der Waals surface area contributed by atoms with E-state index in [0.29, 0.717) is 4.83 Å². The van der Waals surface area contributed by atoms with Gasteiger partial charge in [-0.1, -0.05) is 42.6 Å². The highest BCUT2D eigenvalue weighted by Crippen LogP contribution is 2.19. The molecule has 0 aromatic heterocycles. The second-order valence-electron chi connectivity index (χ2n) is 3.56. The van der Waals surface area contributed by atoms with Crippen molar-refractivity contribution in [3.63, 3.8) is 0 Å². The van der Waals surface area contributed by atoms with Gasteiger partial charge in [0.1, 0.15) is 0 Å². The van der Waals surface area contributed by atoms with Gasteiger partial charge in [-0.05, 0) is 18.8 Å². The molecule has 0 radical (unpaired) electrons.